The second-order valence-corrected chi connectivity index (χ2v) is 8.63. The molecule has 3 nitrogen and oxygen atoms in total. The fraction of sp³-hybridized carbons (Fsp3) is 0.292. The van der Waals surface area contributed by atoms with E-state index < -0.39 is 0 Å². The predicted molar refractivity (Wildman–Crippen MR) is 118 cm³/mol. The van der Waals surface area contributed by atoms with E-state index in [1.165, 1.54) is 21.6 Å². The number of nitrogens with two attached hydrogens (primary N) is 1. The molecule has 0 aliphatic heterocycles. The van der Waals surface area contributed by atoms with Gasteiger partial charge in [0.05, 0.1) is 4.88 Å². The molecule has 3 N–H and O–H groups in total. The van der Waals surface area contributed by atoms with Crippen LogP contribution < -0.4 is 10.6 Å². The number of carbonyl (C=O) groups excluding carboxylic acids is 1. The molecule has 1 heterocycles. The molecule has 0 saturated carbocycles. The molecule has 0 unspecified atom stereocenters. The third-order valence-corrected chi connectivity index (χ3v) is 6.06. The van der Waals surface area contributed by atoms with Gasteiger partial charge < -0.3 is 10.6 Å². The number of benzene rings is 2. The van der Waals surface area contributed by atoms with Gasteiger partial charge in [-0.3, -0.25) is 4.79 Å². The first-order valence-electron chi connectivity index (χ1n) is 9.69. The lowest BCUT2D eigenvalue weighted by molar-refractivity contribution is -0.703. The Balaban J connectivity index is 1.79. The Hall–Kier alpha value is -2.43. The van der Waals surface area contributed by atoms with E-state index in [1.807, 2.05) is 20.8 Å². The zero-order chi connectivity index (χ0) is 20.3. The molecule has 0 aliphatic rings. The molecule has 0 saturated heterocycles. The lowest BCUT2D eigenvalue weighted by atomic mass is 10.0. The number of carbonyl (C=O) groups is 1. The summed E-state index contributed by atoms with van der Waals surface area (Å²) in [5.74, 6) is 0.0312. The van der Waals surface area contributed by atoms with Crippen LogP contribution in [0.4, 0.5) is 5.69 Å². The minimum Gasteiger partial charge on any atom is -0.326 e. The normalized spacial score (nSPS) is 13.2. The fourth-order valence-electron chi connectivity index (χ4n) is 3.60. The van der Waals surface area contributed by atoms with Crippen LogP contribution in [0.2, 0.25) is 0 Å². The van der Waals surface area contributed by atoms with Crippen molar-refractivity contribution in [2.45, 2.75) is 46.7 Å². The van der Waals surface area contributed by atoms with Crippen molar-refractivity contribution in [2.75, 3.05) is 5.32 Å². The molecule has 1 aromatic heterocycles. The van der Waals surface area contributed by atoms with Crippen molar-refractivity contribution in [1.29, 1.82) is 0 Å². The summed E-state index contributed by atoms with van der Waals surface area (Å²) in [4.78, 5) is 14.2. The highest BCUT2D eigenvalue weighted by Crippen LogP contribution is 2.24. The maximum absolute atomic E-state index is 13.0. The van der Waals surface area contributed by atoms with Gasteiger partial charge in [-0.15, -0.1) is 11.3 Å². The lowest BCUT2D eigenvalue weighted by Crippen LogP contribution is -2.92. The van der Waals surface area contributed by atoms with Crippen LogP contribution in [0, 0.1) is 27.7 Å². The van der Waals surface area contributed by atoms with Crippen LogP contribution in [0.3, 0.4) is 0 Å². The monoisotopic (exact) mass is 393 g/mol. The summed E-state index contributed by atoms with van der Waals surface area (Å²) in [5, 5.41) is 7.40. The molecular formula is C24H29N2OS+. The maximum Gasteiger partial charge on any atom is 0.282 e. The minimum absolute atomic E-state index is 0.0312. The highest BCUT2D eigenvalue weighted by Gasteiger charge is 2.26. The number of hydrogen-bond donors (Lipinski definition) is 2. The second kappa shape index (κ2) is 8.72. The van der Waals surface area contributed by atoms with Gasteiger partial charge in [0, 0.05) is 11.3 Å². The SMILES string of the molecule is Cc1ccc([C@H]([NH2+][C@H](C)C(=O)Nc2c(C)cc(C)cc2C)c2cccs2)cc1. The third-order valence-electron chi connectivity index (χ3n) is 5.11. The zero-order valence-corrected chi connectivity index (χ0v) is 18.1. The van der Waals surface area contributed by atoms with Crippen LogP contribution in [0.1, 0.15) is 45.7 Å². The van der Waals surface area contributed by atoms with Crippen LogP contribution in [0.25, 0.3) is 0 Å². The van der Waals surface area contributed by atoms with Crippen molar-refractivity contribution in [3.63, 3.8) is 0 Å². The Morgan fingerprint density at radius 2 is 1.61 bits per heavy atom. The van der Waals surface area contributed by atoms with E-state index in [1.54, 1.807) is 11.3 Å². The Morgan fingerprint density at radius 3 is 2.18 bits per heavy atom. The Labute approximate surface area is 171 Å². The van der Waals surface area contributed by atoms with Gasteiger partial charge in [-0.1, -0.05) is 53.6 Å². The molecule has 4 heteroatoms. The first-order chi connectivity index (χ1) is 13.3. The molecule has 0 spiro atoms. The molecule has 2 aromatic carbocycles. The van der Waals surface area contributed by atoms with Crippen LogP contribution in [-0.4, -0.2) is 11.9 Å². The number of hydrogen-bond acceptors (Lipinski definition) is 2. The van der Waals surface area contributed by atoms with Crippen LogP contribution in [-0.2, 0) is 4.79 Å². The summed E-state index contributed by atoms with van der Waals surface area (Å²) in [6, 6.07) is 16.9. The third kappa shape index (κ3) is 4.70. The number of quaternary nitrogens is 1. The summed E-state index contributed by atoms with van der Waals surface area (Å²) < 4.78 is 0. The number of amides is 1. The molecule has 28 heavy (non-hydrogen) atoms. The van der Waals surface area contributed by atoms with Crippen molar-refractivity contribution in [3.05, 3.63) is 86.6 Å². The summed E-state index contributed by atoms with van der Waals surface area (Å²) in [5.41, 5.74) is 6.81. The minimum atomic E-state index is -0.214. The van der Waals surface area contributed by atoms with E-state index in [0.717, 1.165) is 16.8 Å². The highest BCUT2D eigenvalue weighted by molar-refractivity contribution is 7.10. The van der Waals surface area contributed by atoms with Gasteiger partial charge in [-0.05, 0) is 57.2 Å². The lowest BCUT2D eigenvalue weighted by Gasteiger charge is -2.20. The highest BCUT2D eigenvalue weighted by atomic mass is 32.1. The van der Waals surface area contributed by atoms with Crippen LogP contribution in [0.15, 0.2) is 53.9 Å². The van der Waals surface area contributed by atoms with Gasteiger partial charge >= 0.3 is 0 Å². The Kier molecular flexibility index (Phi) is 6.32. The molecule has 146 valence electrons. The second-order valence-electron chi connectivity index (χ2n) is 7.65. The number of thiophene rings is 1. The molecule has 3 aromatic rings. The smallest absolute Gasteiger partial charge is 0.282 e. The molecule has 1 amide bonds. The van der Waals surface area contributed by atoms with Crippen molar-refractivity contribution in [2.24, 2.45) is 0 Å². The van der Waals surface area contributed by atoms with Crippen molar-refractivity contribution >= 4 is 22.9 Å². The van der Waals surface area contributed by atoms with E-state index in [4.69, 9.17) is 0 Å². The Bertz CT molecular complexity index is 922. The van der Waals surface area contributed by atoms with E-state index in [2.05, 4.69) is 78.4 Å². The van der Waals surface area contributed by atoms with Gasteiger partial charge in [0.25, 0.3) is 5.91 Å². The van der Waals surface area contributed by atoms with Gasteiger partial charge in [0.2, 0.25) is 0 Å². The molecule has 0 fully saturated rings. The fourth-order valence-corrected chi connectivity index (χ4v) is 4.44. The summed E-state index contributed by atoms with van der Waals surface area (Å²) >= 11 is 1.73. The molecule has 3 rings (SSSR count). The van der Waals surface area contributed by atoms with E-state index >= 15 is 0 Å². The zero-order valence-electron chi connectivity index (χ0n) is 17.2. The maximum atomic E-state index is 13.0. The average Bonchev–Trinajstić information content (AvgIpc) is 3.17. The first-order valence-corrected chi connectivity index (χ1v) is 10.6. The molecule has 0 bridgehead atoms. The number of nitrogens with one attached hydrogen (secondary N) is 1. The number of aryl methyl sites for hydroxylation is 4. The largest absolute Gasteiger partial charge is 0.326 e. The standard InChI is InChI=1S/C24H28N2OS/c1-15-8-10-20(11-9-15)23(21-7-6-12-28-21)25-19(5)24(27)26-22-17(3)13-16(2)14-18(22)4/h6-14,19,23,25H,1-5H3,(H,26,27)/p+1/t19-,23+/m1/s1. The van der Waals surface area contributed by atoms with Crippen molar-refractivity contribution in [3.8, 4) is 0 Å². The predicted octanol–water partition coefficient (Wildman–Crippen LogP) is 4.66. The van der Waals surface area contributed by atoms with Gasteiger partial charge in [-0.25, -0.2) is 0 Å². The van der Waals surface area contributed by atoms with Crippen molar-refractivity contribution in [1.82, 2.24) is 0 Å². The topological polar surface area (TPSA) is 45.7 Å². The van der Waals surface area contributed by atoms with Crippen LogP contribution >= 0.6 is 11.3 Å². The number of rotatable bonds is 6. The van der Waals surface area contributed by atoms with Crippen LogP contribution in [0.5, 0.6) is 0 Å². The van der Waals surface area contributed by atoms with E-state index in [9.17, 15) is 4.79 Å². The molecule has 0 radical (unpaired) electrons. The quantitative estimate of drug-likeness (QED) is 0.628. The summed E-state index contributed by atoms with van der Waals surface area (Å²) in [6.07, 6.45) is 0. The summed E-state index contributed by atoms with van der Waals surface area (Å²) in [7, 11) is 0. The number of anilines is 1. The van der Waals surface area contributed by atoms with Crippen molar-refractivity contribution < 1.29 is 10.1 Å². The van der Waals surface area contributed by atoms with E-state index in [-0.39, 0.29) is 18.0 Å². The van der Waals surface area contributed by atoms with E-state index in [0.29, 0.717) is 0 Å². The van der Waals surface area contributed by atoms with Gasteiger partial charge in [0.1, 0.15) is 6.04 Å². The first kappa shape index (κ1) is 20.3. The molecule has 0 aliphatic carbocycles. The van der Waals surface area contributed by atoms with Gasteiger partial charge in [-0.2, -0.15) is 0 Å². The molecule has 2 atom stereocenters. The molecular weight excluding hydrogens is 364 g/mol. The Morgan fingerprint density at radius 1 is 0.964 bits per heavy atom. The average molecular weight is 394 g/mol. The summed E-state index contributed by atoms with van der Waals surface area (Å²) in [6.45, 7) is 10.2. The van der Waals surface area contributed by atoms with Gasteiger partial charge in [0.15, 0.2) is 6.04 Å².